The molecule has 2 nitrogen and oxygen atoms in total. The Labute approximate surface area is 75.3 Å². The van der Waals surface area contributed by atoms with Crippen LogP contribution < -0.4 is 5.73 Å². The zero-order chi connectivity index (χ0) is 9.68. The zero-order valence-corrected chi connectivity index (χ0v) is 7.09. The van der Waals surface area contributed by atoms with Gasteiger partial charge in [0.1, 0.15) is 11.6 Å². The summed E-state index contributed by atoms with van der Waals surface area (Å²) in [6.07, 6.45) is 0. The third kappa shape index (κ3) is 3.08. The molecular formula is C9H11F2NO. The highest BCUT2D eigenvalue weighted by Gasteiger charge is 2.02. The van der Waals surface area contributed by atoms with Crippen LogP contribution in [-0.4, -0.2) is 13.2 Å². The Hall–Kier alpha value is -1.00. The van der Waals surface area contributed by atoms with Crippen molar-refractivity contribution in [2.45, 2.75) is 6.61 Å². The van der Waals surface area contributed by atoms with E-state index in [2.05, 4.69) is 0 Å². The van der Waals surface area contributed by atoms with Crippen LogP contribution >= 0.6 is 0 Å². The lowest BCUT2D eigenvalue weighted by Crippen LogP contribution is -2.08. The Morgan fingerprint density at radius 2 is 2.08 bits per heavy atom. The number of rotatable bonds is 4. The molecule has 0 saturated heterocycles. The van der Waals surface area contributed by atoms with E-state index in [9.17, 15) is 8.78 Å². The maximum Gasteiger partial charge on any atom is 0.128 e. The Kier molecular flexibility index (Phi) is 3.79. The van der Waals surface area contributed by atoms with Crippen LogP contribution in [0.1, 0.15) is 5.56 Å². The number of hydrogen-bond acceptors (Lipinski definition) is 2. The predicted octanol–water partition coefficient (Wildman–Crippen LogP) is 1.44. The van der Waals surface area contributed by atoms with E-state index in [-0.39, 0.29) is 12.2 Å². The maximum atomic E-state index is 12.9. The summed E-state index contributed by atoms with van der Waals surface area (Å²) in [7, 11) is 0. The first-order valence-corrected chi connectivity index (χ1v) is 3.96. The van der Waals surface area contributed by atoms with Crippen molar-refractivity contribution in [3.8, 4) is 0 Å². The fourth-order valence-corrected chi connectivity index (χ4v) is 0.919. The lowest BCUT2D eigenvalue weighted by molar-refractivity contribution is 0.125. The first kappa shape index (κ1) is 10.1. The van der Waals surface area contributed by atoms with Crippen LogP contribution in [0.5, 0.6) is 0 Å². The van der Waals surface area contributed by atoms with Crippen LogP contribution in [0.3, 0.4) is 0 Å². The average Bonchev–Trinajstić information content (AvgIpc) is 2.11. The Morgan fingerprint density at radius 1 is 1.31 bits per heavy atom. The smallest absolute Gasteiger partial charge is 0.128 e. The summed E-state index contributed by atoms with van der Waals surface area (Å²) in [5.74, 6) is -0.925. The van der Waals surface area contributed by atoms with Gasteiger partial charge in [-0.25, -0.2) is 8.78 Å². The van der Waals surface area contributed by atoms with Crippen LogP contribution in [0.15, 0.2) is 18.2 Å². The zero-order valence-electron chi connectivity index (χ0n) is 7.09. The van der Waals surface area contributed by atoms with Crippen molar-refractivity contribution >= 4 is 0 Å². The minimum absolute atomic E-state index is 0.0563. The monoisotopic (exact) mass is 187 g/mol. The number of nitrogens with two attached hydrogens (primary N) is 1. The summed E-state index contributed by atoms with van der Waals surface area (Å²) in [6.45, 7) is 0.772. The van der Waals surface area contributed by atoms with Crippen molar-refractivity contribution in [3.63, 3.8) is 0 Å². The highest BCUT2D eigenvalue weighted by molar-refractivity contribution is 5.17. The molecule has 72 valence electrons. The Morgan fingerprint density at radius 3 is 2.77 bits per heavy atom. The minimum atomic E-state index is -0.465. The molecule has 0 heterocycles. The topological polar surface area (TPSA) is 35.2 Å². The lowest BCUT2D eigenvalue weighted by atomic mass is 10.2. The molecule has 0 spiro atoms. The van der Waals surface area contributed by atoms with Gasteiger partial charge in [-0.2, -0.15) is 0 Å². The molecule has 0 bridgehead atoms. The normalized spacial score (nSPS) is 10.4. The molecule has 0 saturated carbocycles. The number of benzene rings is 1. The SMILES string of the molecule is NCCOCc1cc(F)ccc1F. The third-order valence-electron chi connectivity index (χ3n) is 1.53. The van der Waals surface area contributed by atoms with E-state index < -0.39 is 11.6 Å². The molecular weight excluding hydrogens is 176 g/mol. The summed E-state index contributed by atoms with van der Waals surface area (Å²) in [4.78, 5) is 0. The van der Waals surface area contributed by atoms with Gasteiger partial charge in [-0.3, -0.25) is 0 Å². The van der Waals surface area contributed by atoms with Gasteiger partial charge in [0.2, 0.25) is 0 Å². The Balaban J connectivity index is 2.59. The second kappa shape index (κ2) is 4.89. The van der Waals surface area contributed by atoms with Crippen molar-refractivity contribution in [2.75, 3.05) is 13.2 Å². The minimum Gasteiger partial charge on any atom is -0.375 e. The molecule has 0 fully saturated rings. The van der Waals surface area contributed by atoms with E-state index in [1.165, 1.54) is 0 Å². The highest BCUT2D eigenvalue weighted by Crippen LogP contribution is 2.10. The van der Waals surface area contributed by atoms with Crippen molar-refractivity contribution < 1.29 is 13.5 Å². The van der Waals surface area contributed by atoms with Crippen LogP contribution in [-0.2, 0) is 11.3 Å². The molecule has 0 amide bonds. The van der Waals surface area contributed by atoms with Gasteiger partial charge in [0, 0.05) is 12.1 Å². The second-order valence-corrected chi connectivity index (χ2v) is 2.58. The third-order valence-corrected chi connectivity index (χ3v) is 1.53. The van der Waals surface area contributed by atoms with E-state index in [0.29, 0.717) is 13.2 Å². The van der Waals surface area contributed by atoms with Crippen molar-refractivity contribution in [3.05, 3.63) is 35.4 Å². The van der Waals surface area contributed by atoms with Gasteiger partial charge in [-0.15, -0.1) is 0 Å². The fourth-order valence-electron chi connectivity index (χ4n) is 0.919. The summed E-state index contributed by atoms with van der Waals surface area (Å²) < 4.78 is 30.5. The lowest BCUT2D eigenvalue weighted by Gasteiger charge is -2.03. The number of hydrogen-bond donors (Lipinski definition) is 1. The molecule has 0 unspecified atom stereocenters. The van der Waals surface area contributed by atoms with Crippen molar-refractivity contribution in [1.29, 1.82) is 0 Å². The average molecular weight is 187 g/mol. The van der Waals surface area contributed by atoms with Gasteiger partial charge in [-0.1, -0.05) is 0 Å². The molecule has 1 aromatic carbocycles. The molecule has 4 heteroatoms. The van der Waals surface area contributed by atoms with E-state index >= 15 is 0 Å². The Bertz CT molecular complexity index is 278. The quantitative estimate of drug-likeness (QED) is 0.724. The fraction of sp³-hybridized carbons (Fsp3) is 0.333. The van der Waals surface area contributed by atoms with Gasteiger partial charge in [0.25, 0.3) is 0 Å². The molecule has 2 N–H and O–H groups in total. The van der Waals surface area contributed by atoms with Crippen LogP contribution in [0.2, 0.25) is 0 Å². The van der Waals surface area contributed by atoms with Crippen molar-refractivity contribution in [2.24, 2.45) is 5.73 Å². The molecule has 13 heavy (non-hydrogen) atoms. The van der Waals surface area contributed by atoms with Gasteiger partial charge >= 0.3 is 0 Å². The van der Waals surface area contributed by atoms with E-state index in [1.807, 2.05) is 0 Å². The van der Waals surface area contributed by atoms with Crippen LogP contribution in [0.4, 0.5) is 8.78 Å². The van der Waals surface area contributed by atoms with Gasteiger partial charge < -0.3 is 10.5 Å². The molecule has 0 aliphatic rings. The molecule has 1 rings (SSSR count). The molecule has 1 aromatic rings. The molecule has 0 aliphatic carbocycles. The number of ether oxygens (including phenoxy) is 1. The maximum absolute atomic E-state index is 12.9. The van der Waals surface area contributed by atoms with Gasteiger partial charge in [-0.05, 0) is 18.2 Å². The first-order valence-electron chi connectivity index (χ1n) is 3.96. The second-order valence-electron chi connectivity index (χ2n) is 2.58. The summed E-state index contributed by atoms with van der Waals surface area (Å²) in [6, 6.07) is 3.27. The summed E-state index contributed by atoms with van der Waals surface area (Å²) in [5.41, 5.74) is 5.38. The predicted molar refractivity (Wildman–Crippen MR) is 45.1 cm³/mol. The standard InChI is InChI=1S/C9H11F2NO/c10-8-1-2-9(11)7(5-8)6-13-4-3-12/h1-2,5H,3-4,6,12H2. The molecule has 0 radical (unpaired) electrons. The van der Waals surface area contributed by atoms with E-state index in [4.69, 9.17) is 10.5 Å². The largest absolute Gasteiger partial charge is 0.375 e. The van der Waals surface area contributed by atoms with Crippen molar-refractivity contribution in [1.82, 2.24) is 0 Å². The highest BCUT2D eigenvalue weighted by atomic mass is 19.1. The number of halogens is 2. The van der Waals surface area contributed by atoms with E-state index in [0.717, 1.165) is 18.2 Å². The van der Waals surface area contributed by atoms with Crippen LogP contribution in [0.25, 0.3) is 0 Å². The summed E-state index contributed by atoms with van der Waals surface area (Å²) >= 11 is 0. The van der Waals surface area contributed by atoms with Crippen LogP contribution in [0, 0.1) is 11.6 Å². The van der Waals surface area contributed by atoms with Gasteiger partial charge in [0.15, 0.2) is 0 Å². The molecule has 0 aliphatic heterocycles. The van der Waals surface area contributed by atoms with E-state index in [1.54, 1.807) is 0 Å². The summed E-state index contributed by atoms with van der Waals surface area (Å²) in [5, 5.41) is 0. The van der Waals surface area contributed by atoms with Gasteiger partial charge in [0.05, 0.1) is 13.2 Å². The first-order chi connectivity index (χ1) is 6.24. The molecule has 0 atom stereocenters. The molecule has 0 aromatic heterocycles.